The van der Waals surface area contributed by atoms with Crippen LogP contribution < -0.4 is 10.7 Å². The number of halogens is 1. The molecule has 3 N–H and O–H groups in total. The van der Waals surface area contributed by atoms with E-state index in [-0.39, 0.29) is 10.6 Å². The summed E-state index contributed by atoms with van der Waals surface area (Å²) in [5.74, 6) is -1.07. The number of nitrogens with one attached hydrogen (secondary N) is 2. The normalized spacial score (nSPS) is 15.7. The molecule has 1 aromatic rings. The van der Waals surface area contributed by atoms with E-state index in [1.165, 1.54) is 18.2 Å². The maximum atomic E-state index is 11.8. The van der Waals surface area contributed by atoms with Gasteiger partial charge in [0.1, 0.15) is 0 Å². The quantitative estimate of drug-likeness (QED) is 0.785. The van der Waals surface area contributed by atoms with E-state index in [9.17, 15) is 9.59 Å². The average molecular weight is 300 g/mol. The highest BCUT2D eigenvalue weighted by Crippen LogP contribution is 2.23. The van der Waals surface area contributed by atoms with Crippen molar-refractivity contribution in [2.24, 2.45) is 0 Å². The first-order valence-electron chi connectivity index (χ1n) is 5.99. The molecule has 0 bridgehead atoms. The molecule has 1 aliphatic rings. The highest BCUT2D eigenvalue weighted by Gasteiger charge is 2.14. The zero-order valence-corrected chi connectivity index (χ0v) is 11.3. The number of carbonyl (C=O) groups excluding carboxylic acids is 1. The Labute approximate surface area is 120 Å². The van der Waals surface area contributed by atoms with Gasteiger partial charge in [-0.2, -0.15) is 0 Å². The molecule has 1 fully saturated rings. The molecule has 0 aliphatic carbocycles. The summed E-state index contributed by atoms with van der Waals surface area (Å²) in [6, 6.07) is 3.68. The Morgan fingerprint density at radius 2 is 2.00 bits per heavy atom. The summed E-state index contributed by atoms with van der Waals surface area (Å²) in [4.78, 5) is 22.5. The van der Waals surface area contributed by atoms with Crippen LogP contribution in [0.5, 0.6) is 0 Å². The monoisotopic (exact) mass is 299 g/mol. The van der Waals surface area contributed by atoms with Gasteiger partial charge in [-0.05, 0) is 18.2 Å². The number of nitrogens with zero attached hydrogens (tertiary/aromatic N) is 1. The van der Waals surface area contributed by atoms with Gasteiger partial charge in [0.15, 0.2) is 0 Å². The Bertz CT molecular complexity index is 517. The van der Waals surface area contributed by atoms with Crippen LogP contribution in [0, 0.1) is 0 Å². The molecule has 0 aromatic heterocycles. The van der Waals surface area contributed by atoms with Crippen molar-refractivity contribution < 1.29 is 19.4 Å². The lowest BCUT2D eigenvalue weighted by atomic mass is 10.2. The van der Waals surface area contributed by atoms with E-state index < -0.39 is 12.0 Å². The number of hydrogen-bond acceptors (Lipinski definition) is 4. The second-order valence-electron chi connectivity index (χ2n) is 4.17. The van der Waals surface area contributed by atoms with Crippen molar-refractivity contribution in [1.29, 1.82) is 0 Å². The van der Waals surface area contributed by atoms with Crippen LogP contribution in [-0.2, 0) is 4.74 Å². The Kier molecular flexibility index (Phi) is 4.78. The number of anilines is 1. The van der Waals surface area contributed by atoms with E-state index in [0.29, 0.717) is 32.0 Å². The molecule has 1 saturated heterocycles. The number of carbonyl (C=O) groups is 2. The molecule has 0 spiro atoms. The Balaban J connectivity index is 1.95. The molecule has 1 heterocycles. The third kappa shape index (κ3) is 3.83. The zero-order chi connectivity index (χ0) is 14.5. The smallest absolute Gasteiger partial charge is 0.335 e. The fourth-order valence-electron chi connectivity index (χ4n) is 1.72. The highest BCUT2D eigenvalue weighted by molar-refractivity contribution is 6.34. The van der Waals surface area contributed by atoms with Crippen molar-refractivity contribution in [3.05, 3.63) is 28.8 Å². The number of hydrazine groups is 1. The summed E-state index contributed by atoms with van der Waals surface area (Å²) in [5, 5.41) is 13.3. The van der Waals surface area contributed by atoms with Crippen molar-refractivity contribution in [2.45, 2.75) is 0 Å². The first-order valence-corrected chi connectivity index (χ1v) is 6.37. The standard InChI is InChI=1S/C12H14ClN3O4/c13-9-7-8(11(17)18)1-2-10(9)14-12(19)15-16-3-5-20-6-4-16/h1-2,7H,3-6H2,(H,17,18)(H2,14,15,19). The molecular weight excluding hydrogens is 286 g/mol. The first-order chi connectivity index (χ1) is 9.56. The highest BCUT2D eigenvalue weighted by atomic mass is 35.5. The number of amides is 2. The van der Waals surface area contributed by atoms with Crippen LogP contribution in [0.3, 0.4) is 0 Å². The minimum atomic E-state index is -1.07. The number of carboxylic acid groups (broad SMARTS) is 1. The van der Waals surface area contributed by atoms with Crippen molar-refractivity contribution >= 4 is 29.3 Å². The van der Waals surface area contributed by atoms with Gasteiger partial charge in [0, 0.05) is 13.1 Å². The van der Waals surface area contributed by atoms with Crippen LogP contribution in [0.15, 0.2) is 18.2 Å². The van der Waals surface area contributed by atoms with Crippen LogP contribution in [0.25, 0.3) is 0 Å². The van der Waals surface area contributed by atoms with Crippen LogP contribution in [-0.4, -0.2) is 48.4 Å². The largest absolute Gasteiger partial charge is 0.478 e. The Morgan fingerprint density at radius 3 is 2.60 bits per heavy atom. The van der Waals surface area contributed by atoms with Gasteiger partial charge in [0.25, 0.3) is 0 Å². The molecule has 20 heavy (non-hydrogen) atoms. The number of carboxylic acids is 1. The lowest BCUT2D eigenvalue weighted by Gasteiger charge is -2.27. The minimum Gasteiger partial charge on any atom is -0.478 e. The van der Waals surface area contributed by atoms with Gasteiger partial charge < -0.3 is 15.2 Å². The molecule has 2 amide bonds. The summed E-state index contributed by atoms with van der Waals surface area (Å²) in [6.45, 7) is 2.35. The summed E-state index contributed by atoms with van der Waals surface area (Å²) in [5.41, 5.74) is 3.07. The van der Waals surface area contributed by atoms with Crippen molar-refractivity contribution in [3.63, 3.8) is 0 Å². The zero-order valence-electron chi connectivity index (χ0n) is 10.6. The lowest BCUT2D eigenvalue weighted by molar-refractivity contribution is 0.0207. The SMILES string of the molecule is O=C(Nc1ccc(C(=O)O)cc1Cl)NN1CCOCC1. The van der Waals surface area contributed by atoms with Gasteiger partial charge in [-0.25, -0.2) is 14.6 Å². The average Bonchev–Trinajstić information content (AvgIpc) is 2.42. The number of ether oxygens (including phenoxy) is 1. The molecule has 0 atom stereocenters. The molecule has 2 rings (SSSR count). The minimum absolute atomic E-state index is 0.0640. The van der Waals surface area contributed by atoms with Crippen molar-refractivity contribution in [3.8, 4) is 0 Å². The third-order valence-electron chi connectivity index (χ3n) is 2.73. The second-order valence-corrected chi connectivity index (χ2v) is 4.57. The number of aromatic carboxylic acids is 1. The Morgan fingerprint density at radius 1 is 1.30 bits per heavy atom. The topological polar surface area (TPSA) is 90.9 Å². The lowest BCUT2D eigenvalue weighted by Crippen LogP contribution is -2.49. The van der Waals surface area contributed by atoms with E-state index in [1.54, 1.807) is 5.01 Å². The van der Waals surface area contributed by atoms with Gasteiger partial charge in [-0.15, -0.1) is 0 Å². The van der Waals surface area contributed by atoms with E-state index in [2.05, 4.69) is 10.7 Å². The van der Waals surface area contributed by atoms with Gasteiger partial charge in [-0.3, -0.25) is 5.43 Å². The molecule has 0 saturated carbocycles. The molecule has 1 aliphatic heterocycles. The summed E-state index contributed by atoms with van der Waals surface area (Å²) >= 11 is 5.92. The van der Waals surface area contributed by atoms with Crippen LogP contribution in [0.2, 0.25) is 5.02 Å². The van der Waals surface area contributed by atoms with Gasteiger partial charge in [-0.1, -0.05) is 11.6 Å². The number of urea groups is 1. The molecule has 108 valence electrons. The predicted octanol–water partition coefficient (Wildman–Crippen LogP) is 1.41. The molecule has 1 aromatic carbocycles. The number of morpholine rings is 1. The van der Waals surface area contributed by atoms with Gasteiger partial charge in [0.2, 0.25) is 0 Å². The summed E-state index contributed by atoms with van der Waals surface area (Å²) < 4.78 is 5.16. The van der Waals surface area contributed by atoms with Gasteiger partial charge >= 0.3 is 12.0 Å². The maximum absolute atomic E-state index is 11.8. The fraction of sp³-hybridized carbons (Fsp3) is 0.333. The van der Waals surface area contributed by atoms with Crippen molar-refractivity contribution in [2.75, 3.05) is 31.6 Å². The number of hydrogen-bond donors (Lipinski definition) is 3. The molecule has 0 radical (unpaired) electrons. The number of rotatable bonds is 3. The molecule has 7 nitrogen and oxygen atoms in total. The molecule has 0 unspecified atom stereocenters. The van der Waals surface area contributed by atoms with Crippen LogP contribution >= 0.6 is 11.6 Å². The van der Waals surface area contributed by atoms with E-state index in [0.717, 1.165) is 0 Å². The second kappa shape index (κ2) is 6.56. The van der Waals surface area contributed by atoms with E-state index in [1.807, 2.05) is 0 Å². The predicted molar refractivity (Wildman–Crippen MR) is 73.0 cm³/mol. The molecule has 8 heteroatoms. The molecular formula is C12H14ClN3O4. The summed E-state index contributed by atoms with van der Waals surface area (Å²) in [7, 11) is 0. The van der Waals surface area contributed by atoms with Gasteiger partial charge in [0.05, 0.1) is 29.5 Å². The third-order valence-corrected chi connectivity index (χ3v) is 3.05. The van der Waals surface area contributed by atoms with Crippen LogP contribution in [0.4, 0.5) is 10.5 Å². The van der Waals surface area contributed by atoms with Crippen LogP contribution in [0.1, 0.15) is 10.4 Å². The summed E-state index contributed by atoms with van der Waals surface area (Å²) in [6.07, 6.45) is 0. The number of benzene rings is 1. The van der Waals surface area contributed by atoms with E-state index >= 15 is 0 Å². The fourth-order valence-corrected chi connectivity index (χ4v) is 1.95. The first kappa shape index (κ1) is 14.6. The van der Waals surface area contributed by atoms with E-state index in [4.69, 9.17) is 21.4 Å². The van der Waals surface area contributed by atoms with Crippen molar-refractivity contribution in [1.82, 2.24) is 10.4 Å². The maximum Gasteiger partial charge on any atom is 0.335 e. The Hall–Kier alpha value is -1.83.